The third kappa shape index (κ3) is 2.83. The summed E-state index contributed by atoms with van der Waals surface area (Å²) in [4.78, 5) is 4.14. The molecular weight excluding hydrogens is 360 g/mol. The van der Waals surface area contributed by atoms with E-state index in [4.69, 9.17) is 0 Å². The third-order valence-corrected chi connectivity index (χ3v) is 6.43. The van der Waals surface area contributed by atoms with Crippen LogP contribution in [-0.4, -0.2) is 22.5 Å². The minimum Gasteiger partial charge on any atom is -0.379 e. The van der Waals surface area contributed by atoms with Crippen LogP contribution in [0, 0.1) is 0 Å². The smallest absolute Gasteiger partial charge is 0.268 e. The van der Waals surface area contributed by atoms with Crippen molar-refractivity contribution in [2.45, 2.75) is 17.4 Å². The van der Waals surface area contributed by atoms with Gasteiger partial charge < -0.3 is 5.11 Å². The Labute approximate surface area is 157 Å². The zero-order chi connectivity index (χ0) is 19.1. The lowest BCUT2D eigenvalue weighted by Crippen LogP contribution is -2.29. The van der Waals surface area contributed by atoms with Gasteiger partial charge in [0.05, 0.1) is 16.1 Å². The molecule has 2 heterocycles. The van der Waals surface area contributed by atoms with Crippen LogP contribution >= 0.6 is 0 Å². The second kappa shape index (κ2) is 6.33. The molecular formula is C21H18N2O3S. The van der Waals surface area contributed by atoms with Crippen LogP contribution in [0.5, 0.6) is 0 Å². The number of aliphatic hydroxyl groups is 1. The molecule has 0 radical (unpaired) electrons. The maximum atomic E-state index is 13.4. The highest BCUT2D eigenvalue weighted by molar-refractivity contribution is 7.90. The van der Waals surface area contributed by atoms with Gasteiger partial charge in [0.1, 0.15) is 5.60 Å². The van der Waals surface area contributed by atoms with Gasteiger partial charge in [-0.2, -0.15) is 0 Å². The molecule has 136 valence electrons. The first-order valence-corrected chi connectivity index (χ1v) is 9.91. The number of pyridine rings is 1. The van der Waals surface area contributed by atoms with Gasteiger partial charge in [0, 0.05) is 17.8 Å². The quantitative estimate of drug-likeness (QED) is 0.590. The first-order valence-electron chi connectivity index (χ1n) is 8.47. The normalized spacial score (nSPS) is 14.1. The first kappa shape index (κ1) is 17.5. The molecule has 0 bridgehead atoms. The third-order valence-electron chi connectivity index (χ3n) is 4.69. The number of para-hydroxylation sites is 1. The van der Waals surface area contributed by atoms with Gasteiger partial charge in [-0.25, -0.2) is 12.4 Å². The predicted octanol–water partition coefficient (Wildman–Crippen LogP) is 3.53. The average molecular weight is 378 g/mol. The number of fused-ring (bicyclic) bond motifs is 1. The Bertz CT molecular complexity index is 1200. The molecule has 0 aliphatic heterocycles. The van der Waals surface area contributed by atoms with Gasteiger partial charge in [-0.3, -0.25) is 4.98 Å². The maximum Gasteiger partial charge on any atom is 0.268 e. The standard InChI is InChI=1S/C21H18N2O3S/c1-21(24,17-11-13-22-14-12-17)20-15-16-7-5-6-10-19(16)23(20)27(25,26)18-8-3-2-4-9-18/h2-15,24H,1H3. The van der Waals surface area contributed by atoms with Crippen molar-refractivity contribution in [3.8, 4) is 0 Å². The van der Waals surface area contributed by atoms with Crippen molar-refractivity contribution in [1.29, 1.82) is 0 Å². The largest absolute Gasteiger partial charge is 0.379 e. The summed E-state index contributed by atoms with van der Waals surface area (Å²) >= 11 is 0. The van der Waals surface area contributed by atoms with E-state index in [0.717, 1.165) is 5.39 Å². The van der Waals surface area contributed by atoms with Crippen LogP contribution in [0.25, 0.3) is 10.9 Å². The topological polar surface area (TPSA) is 72.2 Å². The summed E-state index contributed by atoms with van der Waals surface area (Å²) in [6, 6.07) is 20.5. The maximum absolute atomic E-state index is 13.4. The molecule has 1 atom stereocenters. The molecule has 0 aliphatic carbocycles. The number of hydrogen-bond acceptors (Lipinski definition) is 4. The second-order valence-corrected chi connectivity index (χ2v) is 8.27. The fourth-order valence-corrected chi connectivity index (χ4v) is 4.88. The van der Waals surface area contributed by atoms with E-state index in [1.165, 1.54) is 3.97 Å². The number of nitrogens with zero attached hydrogens (tertiary/aromatic N) is 2. The first-order chi connectivity index (χ1) is 12.9. The molecule has 0 amide bonds. The molecule has 1 N–H and O–H groups in total. The molecule has 0 fully saturated rings. The molecule has 27 heavy (non-hydrogen) atoms. The molecule has 4 aromatic rings. The fraction of sp³-hybridized carbons (Fsp3) is 0.0952. The minimum absolute atomic E-state index is 0.165. The molecule has 0 saturated heterocycles. The molecule has 6 heteroatoms. The molecule has 5 nitrogen and oxygen atoms in total. The summed E-state index contributed by atoms with van der Waals surface area (Å²) in [5.74, 6) is 0. The van der Waals surface area contributed by atoms with E-state index in [1.54, 1.807) is 80.0 Å². The number of aromatic nitrogens is 2. The van der Waals surface area contributed by atoms with Crippen LogP contribution < -0.4 is 0 Å². The molecule has 2 aromatic heterocycles. The molecule has 0 aliphatic rings. The fourth-order valence-electron chi connectivity index (χ4n) is 3.25. The van der Waals surface area contributed by atoms with Gasteiger partial charge in [-0.05, 0) is 48.9 Å². The van der Waals surface area contributed by atoms with Crippen LogP contribution in [0.2, 0.25) is 0 Å². The van der Waals surface area contributed by atoms with Crippen molar-refractivity contribution >= 4 is 20.9 Å². The van der Waals surface area contributed by atoms with Gasteiger partial charge in [-0.1, -0.05) is 36.4 Å². The minimum atomic E-state index is -3.90. The number of rotatable bonds is 4. The molecule has 4 rings (SSSR count). The van der Waals surface area contributed by atoms with E-state index in [1.807, 2.05) is 12.1 Å². The van der Waals surface area contributed by atoms with Gasteiger partial charge in [-0.15, -0.1) is 0 Å². The lowest BCUT2D eigenvalue weighted by molar-refractivity contribution is 0.0968. The van der Waals surface area contributed by atoms with Crippen LogP contribution in [-0.2, 0) is 15.6 Å². The Morgan fingerprint density at radius 2 is 1.56 bits per heavy atom. The number of benzene rings is 2. The lowest BCUT2D eigenvalue weighted by Gasteiger charge is -2.26. The van der Waals surface area contributed by atoms with Gasteiger partial charge in [0.25, 0.3) is 10.0 Å². The van der Waals surface area contributed by atoms with Crippen molar-refractivity contribution in [3.05, 3.63) is 96.4 Å². The Balaban J connectivity index is 2.05. The molecule has 0 saturated carbocycles. The highest BCUT2D eigenvalue weighted by Crippen LogP contribution is 2.35. The van der Waals surface area contributed by atoms with E-state index in [2.05, 4.69) is 4.98 Å². The summed E-state index contributed by atoms with van der Waals surface area (Å²) in [7, 11) is -3.90. The summed E-state index contributed by atoms with van der Waals surface area (Å²) in [6.07, 6.45) is 3.14. The zero-order valence-corrected chi connectivity index (χ0v) is 15.5. The Morgan fingerprint density at radius 3 is 2.26 bits per heavy atom. The second-order valence-electron chi connectivity index (χ2n) is 6.48. The van der Waals surface area contributed by atoms with E-state index in [-0.39, 0.29) is 10.6 Å². The average Bonchev–Trinajstić information content (AvgIpc) is 3.11. The van der Waals surface area contributed by atoms with E-state index >= 15 is 0 Å². The SMILES string of the molecule is CC(O)(c1ccncc1)c1cc2ccccc2n1S(=O)(=O)c1ccccc1. The lowest BCUT2D eigenvalue weighted by atomic mass is 9.93. The zero-order valence-electron chi connectivity index (χ0n) is 14.6. The van der Waals surface area contributed by atoms with Crippen molar-refractivity contribution in [2.75, 3.05) is 0 Å². The van der Waals surface area contributed by atoms with Gasteiger partial charge >= 0.3 is 0 Å². The van der Waals surface area contributed by atoms with Crippen LogP contribution in [0.1, 0.15) is 18.2 Å². The summed E-state index contributed by atoms with van der Waals surface area (Å²) < 4.78 is 28.1. The van der Waals surface area contributed by atoms with E-state index in [0.29, 0.717) is 11.1 Å². The highest BCUT2D eigenvalue weighted by atomic mass is 32.2. The van der Waals surface area contributed by atoms with Crippen molar-refractivity contribution in [3.63, 3.8) is 0 Å². The number of hydrogen-bond donors (Lipinski definition) is 1. The van der Waals surface area contributed by atoms with Crippen LogP contribution in [0.3, 0.4) is 0 Å². The van der Waals surface area contributed by atoms with Crippen LogP contribution in [0.4, 0.5) is 0 Å². The van der Waals surface area contributed by atoms with Crippen molar-refractivity contribution < 1.29 is 13.5 Å². The van der Waals surface area contributed by atoms with E-state index < -0.39 is 15.6 Å². The predicted molar refractivity (Wildman–Crippen MR) is 104 cm³/mol. The summed E-state index contributed by atoms with van der Waals surface area (Å²) in [5.41, 5.74) is -0.168. The molecule has 0 spiro atoms. The van der Waals surface area contributed by atoms with Crippen LogP contribution in [0.15, 0.2) is 90.1 Å². The Hall–Kier alpha value is -2.96. The highest BCUT2D eigenvalue weighted by Gasteiger charge is 2.34. The summed E-state index contributed by atoms with van der Waals surface area (Å²) in [6.45, 7) is 1.59. The Kier molecular flexibility index (Phi) is 4.09. The summed E-state index contributed by atoms with van der Waals surface area (Å²) in [5, 5.41) is 12.1. The molecule has 2 aromatic carbocycles. The molecule has 1 unspecified atom stereocenters. The van der Waals surface area contributed by atoms with Crippen molar-refractivity contribution in [1.82, 2.24) is 8.96 Å². The van der Waals surface area contributed by atoms with E-state index in [9.17, 15) is 13.5 Å². The van der Waals surface area contributed by atoms with Gasteiger partial charge in [0.2, 0.25) is 0 Å². The monoisotopic (exact) mass is 378 g/mol. The van der Waals surface area contributed by atoms with Crippen molar-refractivity contribution in [2.24, 2.45) is 0 Å². The Morgan fingerprint density at radius 1 is 0.926 bits per heavy atom. The van der Waals surface area contributed by atoms with Gasteiger partial charge in [0.15, 0.2) is 0 Å².